The number of hydrogen-bond acceptors (Lipinski definition) is 0. The summed E-state index contributed by atoms with van der Waals surface area (Å²) in [7, 11) is 0. The molecule has 0 atom stereocenters. The van der Waals surface area contributed by atoms with Gasteiger partial charge < -0.3 is 0 Å². The quantitative estimate of drug-likeness (QED) is 0.534. The molecule has 0 saturated heterocycles. The van der Waals surface area contributed by atoms with Crippen molar-refractivity contribution in [1.29, 1.82) is 0 Å². The van der Waals surface area contributed by atoms with Crippen molar-refractivity contribution in [3.63, 3.8) is 0 Å². The van der Waals surface area contributed by atoms with Gasteiger partial charge in [-0.25, -0.2) is 8.78 Å². The van der Waals surface area contributed by atoms with Gasteiger partial charge in [0.05, 0.1) is 0 Å². The van der Waals surface area contributed by atoms with Crippen molar-refractivity contribution >= 4 is 0 Å². The van der Waals surface area contributed by atoms with Crippen LogP contribution >= 0.6 is 0 Å². The average molecular weight is 144 g/mol. The van der Waals surface area contributed by atoms with Crippen LogP contribution in [0, 0.1) is 0 Å². The van der Waals surface area contributed by atoms with E-state index in [-0.39, 0.29) is 5.57 Å². The van der Waals surface area contributed by atoms with Crippen molar-refractivity contribution in [3.05, 3.63) is 36.5 Å². The number of halogens is 2. The highest BCUT2D eigenvalue weighted by atomic mass is 19.3. The van der Waals surface area contributed by atoms with Gasteiger partial charge in [-0.05, 0) is 12.5 Å². The fraction of sp³-hybridized carbons (Fsp3) is 0.250. The van der Waals surface area contributed by atoms with Crippen LogP contribution in [0.4, 0.5) is 8.78 Å². The number of hydrogen-bond donors (Lipinski definition) is 0. The Morgan fingerprint density at radius 1 is 1.40 bits per heavy atom. The fourth-order valence-electron chi connectivity index (χ4n) is 0.359. The molecule has 0 amide bonds. The molecule has 0 aliphatic carbocycles. The standard InChI is InChI=1S/C8H10F2/c1-3-4-5-6-7(2)8(9)10/h3-6,8H,1H2,2H3. The normalized spacial score (nSPS) is 13.0. The van der Waals surface area contributed by atoms with Gasteiger partial charge in [-0.2, -0.15) is 0 Å². The molecule has 0 fully saturated rings. The second-order valence-corrected chi connectivity index (χ2v) is 1.83. The Kier molecular flexibility index (Phi) is 4.46. The largest absolute Gasteiger partial charge is 0.259 e. The first-order valence-corrected chi connectivity index (χ1v) is 2.92. The van der Waals surface area contributed by atoms with Gasteiger partial charge in [0.15, 0.2) is 0 Å². The highest BCUT2D eigenvalue weighted by molar-refractivity contribution is 5.15. The third kappa shape index (κ3) is 4.01. The van der Waals surface area contributed by atoms with Crippen LogP contribution in [0.3, 0.4) is 0 Å². The monoisotopic (exact) mass is 144 g/mol. The van der Waals surface area contributed by atoms with Crippen molar-refractivity contribution in [3.8, 4) is 0 Å². The van der Waals surface area contributed by atoms with Crippen LogP contribution in [0.15, 0.2) is 36.5 Å². The molecule has 56 valence electrons. The van der Waals surface area contributed by atoms with Crippen molar-refractivity contribution in [1.82, 2.24) is 0 Å². The first kappa shape index (κ1) is 9.08. The maximum atomic E-state index is 11.7. The van der Waals surface area contributed by atoms with Gasteiger partial charge in [0.2, 0.25) is 0 Å². The van der Waals surface area contributed by atoms with Gasteiger partial charge in [-0.15, -0.1) is 0 Å². The Labute approximate surface area is 59.6 Å². The van der Waals surface area contributed by atoms with Crippen molar-refractivity contribution in [2.75, 3.05) is 0 Å². The third-order valence-corrected chi connectivity index (χ3v) is 0.951. The lowest BCUT2D eigenvalue weighted by Gasteiger charge is -1.93. The summed E-state index contributed by atoms with van der Waals surface area (Å²) < 4.78 is 23.5. The summed E-state index contributed by atoms with van der Waals surface area (Å²) in [6.07, 6.45) is 3.69. The maximum Gasteiger partial charge on any atom is 0.259 e. The topological polar surface area (TPSA) is 0 Å². The van der Waals surface area contributed by atoms with E-state index in [0.29, 0.717) is 0 Å². The molecule has 0 aliphatic heterocycles. The molecule has 2 heteroatoms. The van der Waals surface area contributed by atoms with Crippen LogP contribution in [0.5, 0.6) is 0 Å². The lowest BCUT2D eigenvalue weighted by Crippen LogP contribution is -1.89. The summed E-state index contributed by atoms with van der Waals surface area (Å²) in [6, 6.07) is 0. The predicted molar refractivity (Wildman–Crippen MR) is 39.1 cm³/mol. The lowest BCUT2D eigenvalue weighted by atomic mass is 10.3. The summed E-state index contributed by atoms with van der Waals surface area (Å²) in [5.74, 6) is 0. The summed E-state index contributed by atoms with van der Waals surface area (Å²) in [6.45, 7) is 4.79. The molecule has 0 aromatic rings. The van der Waals surface area contributed by atoms with Crippen molar-refractivity contribution in [2.24, 2.45) is 0 Å². The van der Waals surface area contributed by atoms with Crippen LogP contribution in [0.25, 0.3) is 0 Å². The molecule has 0 nitrogen and oxygen atoms in total. The molecule has 0 spiro atoms. The zero-order valence-corrected chi connectivity index (χ0v) is 5.85. The van der Waals surface area contributed by atoms with E-state index in [9.17, 15) is 8.78 Å². The van der Waals surface area contributed by atoms with Gasteiger partial charge in [0.1, 0.15) is 0 Å². The van der Waals surface area contributed by atoms with Gasteiger partial charge in [0.25, 0.3) is 6.43 Å². The van der Waals surface area contributed by atoms with E-state index in [1.54, 1.807) is 6.08 Å². The molecule has 0 rings (SSSR count). The lowest BCUT2D eigenvalue weighted by molar-refractivity contribution is 0.190. The summed E-state index contributed by atoms with van der Waals surface area (Å²) in [4.78, 5) is 0. The minimum absolute atomic E-state index is 0.0677. The zero-order chi connectivity index (χ0) is 7.98. The van der Waals surface area contributed by atoms with E-state index in [0.717, 1.165) is 0 Å². The van der Waals surface area contributed by atoms with Crippen LogP contribution in [-0.2, 0) is 0 Å². The average Bonchev–Trinajstić information content (AvgIpc) is 1.88. The number of rotatable bonds is 3. The van der Waals surface area contributed by atoms with Crippen LogP contribution in [0.2, 0.25) is 0 Å². The smallest absolute Gasteiger partial charge is 0.205 e. The summed E-state index contributed by atoms with van der Waals surface area (Å²) in [5.41, 5.74) is 0.0677. The molecule has 0 heterocycles. The van der Waals surface area contributed by atoms with Crippen LogP contribution < -0.4 is 0 Å². The van der Waals surface area contributed by atoms with E-state index in [1.807, 2.05) is 0 Å². The Balaban J connectivity index is 3.91. The second-order valence-electron chi connectivity index (χ2n) is 1.83. The van der Waals surface area contributed by atoms with Gasteiger partial charge in [-0.1, -0.05) is 30.9 Å². The molecular formula is C8H10F2. The molecular weight excluding hydrogens is 134 g/mol. The first-order valence-electron chi connectivity index (χ1n) is 2.92. The van der Waals surface area contributed by atoms with E-state index in [2.05, 4.69) is 6.58 Å². The molecule has 0 unspecified atom stereocenters. The van der Waals surface area contributed by atoms with Crippen molar-refractivity contribution < 1.29 is 8.78 Å². The highest BCUT2D eigenvalue weighted by Gasteiger charge is 2.01. The molecule has 0 N–H and O–H groups in total. The molecule has 0 bridgehead atoms. The van der Waals surface area contributed by atoms with E-state index >= 15 is 0 Å². The fourth-order valence-corrected chi connectivity index (χ4v) is 0.359. The predicted octanol–water partition coefficient (Wildman–Crippen LogP) is 2.94. The summed E-state index contributed by atoms with van der Waals surface area (Å²) in [5, 5.41) is 0. The Bertz CT molecular complexity index is 155. The second kappa shape index (κ2) is 4.91. The third-order valence-electron chi connectivity index (χ3n) is 0.951. The SMILES string of the molecule is C=CC=CC=C(C)C(F)F. The van der Waals surface area contributed by atoms with E-state index in [1.165, 1.54) is 25.2 Å². The van der Waals surface area contributed by atoms with Gasteiger partial charge in [-0.3, -0.25) is 0 Å². The molecule has 10 heavy (non-hydrogen) atoms. The minimum Gasteiger partial charge on any atom is -0.205 e. The molecule has 0 aliphatic rings. The van der Waals surface area contributed by atoms with E-state index < -0.39 is 6.43 Å². The molecule has 0 aromatic carbocycles. The first-order chi connectivity index (χ1) is 4.68. The highest BCUT2D eigenvalue weighted by Crippen LogP contribution is 2.06. The molecule has 0 aromatic heterocycles. The Morgan fingerprint density at radius 3 is 2.40 bits per heavy atom. The Morgan fingerprint density at radius 2 is 2.00 bits per heavy atom. The minimum atomic E-state index is -2.35. The maximum absolute atomic E-state index is 11.7. The summed E-state index contributed by atoms with van der Waals surface area (Å²) >= 11 is 0. The van der Waals surface area contributed by atoms with Crippen molar-refractivity contribution in [2.45, 2.75) is 13.3 Å². The van der Waals surface area contributed by atoms with E-state index in [4.69, 9.17) is 0 Å². The Hall–Kier alpha value is -0.920. The van der Waals surface area contributed by atoms with Crippen LogP contribution in [0.1, 0.15) is 6.92 Å². The van der Waals surface area contributed by atoms with Gasteiger partial charge >= 0.3 is 0 Å². The zero-order valence-electron chi connectivity index (χ0n) is 5.85. The molecule has 0 radical (unpaired) electrons. The van der Waals surface area contributed by atoms with Crippen LogP contribution in [-0.4, -0.2) is 6.43 Å². The number of alkyl halides is 2. The van der Waals surface area contributed by atoms with Gasteiger partial charge in [0, 0.05) is 0 Å². The number of allylic oxidation sites excluding steroid dienone is 5. The molecule has 0 saturated carbocycles.